The molecule has 1 saturated heterocycles. The number of ether oxygens (including phenoxy) is 5. The molecule has 198 valence electrons. The number of nitrogens with one attached hydrogen (secondary N) is 2. The van der Waals surface area contributed by atoms with E-state index in [2.05, 4.69) is 34.3 Å². The monoisotopic (exact) mass is 480 g/mol. The molecule has 0 amide bonds. The second-order valence-corrected chi connectivity index (χ2v) is 8.47. The number of nitrogens with zero attached hydrogens (tertiary/aromatic N) is 2. The van der Waals surface area contributed by atoms with Crippen molar-refractivity contribution >= 4 is 0 Å². The zero-order valence-electron chi connectivity index (χ0n) is 21.2. The molecule has 1 aliphatic rings. The van der Waals surface area contributed by atoms with Crippen LogP contribution in [-0.2, 0) is 23.7 Å². The van der Waals surface area contributed by atoms with Crippen LogP contribution in [0.2, 0.25) is 0 Å². The van der Waals surface area contributed by atoms with E-state index in [0.717, 1.165) is 52.4 Å². The van der Waals surface area contributed by atoms with Gasteiger partial charge in [-0.25, -0.2) is 4.39 Å². The minimum Gasteiger partial charge on any atom is -0.378 e. The van der Waals surface area contributed by atoms with E-state index in [9.17, 15) is 4.39 Å². The first-order valence-corrected chi connectivity index (χ1v) is 12.5. The lowest BCUT2D eigenvalue weighted by Crippen LogP contribution is -2.48. The molecule has 0 aromatic rings. The van der Waals surface area contributed by atoms with Crippen LogP contribution < -0.4 is 10.6 Å². The standard InChI is InChI=1S/C23H49FN4O5/c1-22(2)26-4-11-29-14-16-31-18-19-32-17-15-30-12-9-27-5-7-28(8-6-27)10-13-33-21-23(24)20-25-3/h22-23,25-26H,4-21H2,1-3H3. The molecule has 33 heavy (non-hydrogen) atoms. The Bertz CT molecular complexity index is 418. The molecule has 0 spiro atoms. The van der Waals surface area contributed by atoms with Crippen LogP contribution in [0, 0.1) is 0 Å². The van der Waals surface area contributed by atoms with Crippen molar-refractivity contribution in [2.24, 2.45) is 0 Å². The summed E-state index contributed by atoms with van der Waals surface area (Å²) in [5.41, 5.74) is 0. The Morgan fingerprint density at radius 1 is 0.697 bits per heavy atom. The minimum atomic E-state index is -0.932. The van der Waals surface area contributed by atoms with Gasteiger partial charge in [-0.3, -0.25) is 9.80 Å². The smallest absolute Gasteiger partial charge is 0.136 e. The summed E-state index contributed by atoms with van der Waals surface area (Å²) in [5, 5.41) is 6.11. The van der Waals surface area contributed by atoms with E-state index in [1.54, 1.807) is 7.05 Å². The molecule has 1 rings (SSSR count). The molecule has 0 aromatic carbocycles. The highest BCUT2D eigenvalue weighted by Crippen LogP contribution is 2.01. The van der Waals surface area contributed by atoms with E-state index in [1.165, 1.54) is 0 Å². The zero-order chi connectivity index (χ0) is 24.0. The van der Waals surface area contributed by atoms with Crippen molar-refractivity contribution in [3.8, 4) is 0 Å². The highest BCUT2D eigenvalue weighted by molar-refractivity contribution is 4.71. The van der Waals surface area contributed by atoms with Crippen LogP contribution >= 0.6 is 0 Å². The van der Waals surface area contributed by atoms with Gasteiger partial charge in [0.05, 0.1) is 66.1 Å². The van der Waals surface area contributed by atoms with Crippen LogP contribution in [0.4, 0.5) is 4.39 Å². The third-order valence-electron chi connectivity index (χ3n) is 5.21. The summed E-state index contributed by atoms with van der Waals surface area (Å²) in [5.74, 6) is 0. The van der Waals surface area contributed by atoms with Gasteiger partial charge in [-0.2, -0.15) is 0 Å². The second kappa shape index (κ2) is 22.1. The molecule has 2 N–H and O–H groups in total. The normalized spacial score (nSPS) is 16.6. The van der Waals surface area contributed by atoms with Crippen molar-refractivity contribution in [2.75, 3.05) is 125 Å². The molecule has 1 aliphatic heterocycles. The largest absolute Gasteiger partial charge is 0.378 e. The Labute approximate surface area is 200 Å². The van der Waals surface area contributed by atoms with Gasteiger partial charge in [0.25, 0.3) is 0 Å². The third kappa shape index (κ3) is 19.6. The first kappa shape index (κ1) is 30.6. The molecule has 0 radical (unpaired) electrons. The number of hydrogen-bond donors (Lipinski definition) is 2. The summed E-state index contributed by atoms with van der Waals surface area (Å²) in [4.78, 5) is 4.78. The van der Waals surface area contributed by atoms with Crippen molar-refractivity contribution in [2.45, 2.75) is 26.1 Å². The molecule has 10 heteroatoms. The van der Waals surface area contributed by atoms with Gasteiger partial charge in [-0.15, -0.1) is 0 Å². The highest BCUT2D eigenvalue weighted by atomic mass is 19.1. The number of alkyl halides is 1. The maximum Gasteiger partial charge on any atom is 0.136 e. The number of halogens is 1. The maximum absolute atomic E-state index is 13.3. The van der Waals surface area contributed by atoms with Gasteiger partial charge in [-0.1, -0.05) is 13.8 Å². The van der Waals surface area contributed by atoms with Crippen LogP contribution in [0.1, 0.15) is 13.8 Å². The summed E-state index contributed by atoms with van der Waals surface area (Å²) >= 11 is 0. The summed E-state index contributed by atoms with van der Waals surface area (Å²) in [6.45, 7) is 17.1. The fourth-order valence-electron chi connectivity index (χ4n) is 3.30. The first-order valence-electron chi connectivity index (χ1n) is 12.5. The molecule has 1 atom stereocenters. The van der Waals surface area contributed by atoms with E-state index in [0.29, 0.717) is 65.4 Å². The number of piperazine rings is 1. The Hall–Kier alpha value is -0.430. The van der Waals surface area contributed by atoms with Crippen LogP contribution in [0.3, 0.4) is 0 Å². The zero-order valence-corrected chi connectivity index (χ0v) is 21.2. The number of rotatable bonds is 23. The van der Waals surface area contributed by atoms with Crippen molar-refractivity contribution in [1.82, 2.24) is 20.4 Å². The lowest BCUT2D eigenvalue weighted by Gasteiger charge is -2.34. The van der Waals surface area contributed by atoms with E-state index >= 15 is 0 Å². The summed E-state index contributed by atoms with van der Waals surface area (Å²) in [6, 6.07) is 0.491. The van der Waals surface area contributed by atoms with Gasteiger partial charge in [0.1, 0.15) is 6.17 Å². The Morgan fingerprint density at radius 2 is 1.15 bits per heavy atom. The lowest BCUT2D eigenvalue weighted by molar-refractivity contribution is -0.00547. The average molecular weight is 481 g/mol. The van der Waals surface area contributed by atoms with Gasteiger partial charge < -0.3 is 34.3 Å². The van der Waals surface area contributed by atoms with Crippen LogP contribution in [0.15, 0.2) is 0 Å². The van der Waals surface area contributed by atoms with Crippen molar-refractivity contribution < 1.29 is 28.1 Å². The van der Waals surface area contributed by atoms with Crippen LogP contribution in [0.25, 0.3) is 0 Å². The van der Waals surface area contributed by atoms with Crippen molar-refractivity contribution in [3.05, 3.63) is 0 Å². The highest BCUT2D eigenvalue weighted by Gasteiger charge is 2.16. The molecule has 1 heterocycles. The van der Waals surface area contributed by atoms with Gasteiger partial charge in [-0.05, 0) is 7.05 Å². The topological polar surface area (TPSA) is 76.7 Å². The second-order valence-electron chi connectivity index (χ2n) is 8.47. The lowest BCUT2D eigenvalue weighted by atomic mass is 10.3. The fourth-order valence-corrected chi connectivity index (χ4v) is 3.30. The van der Waals surface area contributed by atoms with E-state index < -0.39 is 6.17 Å². The molecule has 1 fully saturated rings. The molecule has 0 bridgehead atoms. The maximum atomic E-state index is 13.3. The predicted octanol–water partition coefficient (Wildman–Crippen LogP) is 0.243. The molecule has 0 aromatic heterocycles. The summed E-state index contributed by atoms with van der Waals surface area (Å²) in [7, 11) is 1.75. The van der Waals surface area contributed by atoms with Crippen molar-refractivity contribution in [1.29, 1.82) is 0 Å². The number of hydrogen-bond acceptors (Lipinski definition) is 9. The predicted molar refractivity (Wildman–Crippen MR) is 129 cm³/mol. The molecular formula is C23H49FN4O5. The molecule has 0 aliphatic carbocycles. The average Bonchev–Trinajstić information content (AvgIpc) is 2.80. The van der Waals surface area contributed by atoms with Crippen LogP contribution in [0.5, 0.6) is 0 Å². The Kier molecular flexibility index (Phi) is 20.5. The van der Waals surface area contributed by atoms with Crippen molar-refractivity contribution in [3.63, 3.8) is 0 Å². The minimum absolute atomic E-state index is 0.167. The SMILES string of the molecule is CNCC(F)COCCN1CCN(CCOCCOCCOCCOCCNC(C)C)CC1. The van der Waals surface area contributed by atoms with Gasteiger partial charge in [0.15, 0.2) is 0 Å². The Morgan fingerprint density at radius 3 is 1.64 bits per heavy atom. The molecular weight excluding hydrogens is 431 g/mol. The molecule has 9 nitrogen and oxygen atoms in total. The van der Waals surface area contributed by atoms with Gasteiger partial charge in [0, 0.05) is 58.4 Å². The van der Waals surface area contributed by atoms with E-state index in [-0.39, 0.29) is 6.61 Å². The third-order valence-corrected chi connectivity index (χ3v) is 5.21. The quantitative estimate of drug-likeness (QED) is 0.200. The van der Waals surface area contributed by atoms with Gasteiger partial charge >= 0.3 is 0 Å². The fraction of sp³-hybridized carbons (Fsp3) is 1.00. The van der Waals surface area contributed by atoms with E-state index in [4.69, 9.17) is 23.7 Å². The van der Waals surface area contributed by atoms with Crippen LogP contribution in [-0.4, -0.2) is 147 Å². The summed E-state index contributed by atoms with van der Waals surface area (Å²) < 4.78 is 40.9. The first-order chi connectivity index (χ1) is 16.1. The van der Waals surface area contributed by atoms with Gasteiger partial charge in [0.2, 0.25) is 0 Å². The molecule has 1 unspecified atom stereocenters. The van der Waals surface area contributed by atoms with E-state index in [1.807, 2.05) is 0 Å². The summed E-state index contributed by atoms with van der Waals surface area (Å²) in [6.07, 6.45) is -0.932. The molecule has 0 saturated carbocycles. The Balaban J connectivity index is 1.78.